The molecule has 0 unspecified atom stereocenters. The van der Waals surface area contributed by atoms with Crippen LogP contribution in [0.1, 0.15) is 4.88 Å². The number of hydrogen-bond donors (Lipinski definition) is 1. The van der Waals surface area contributed by atoms with Gasteiger partial charge in [0.05, 0.1) is 9.72 Å². The molecule has 0 spiro atoms. The van der Waals surface area contributed by atoms with E-state index >= 15 is 0 Å². The largest absolute Gasteiger partial charge is 0.506 e. The molecule has 0 bridgehead atoms. The number of thiophene rings is 1. The summed E-state index contributed by atoms with van der Waals surface area (Å²) >= 11 is 7.56. The summed E-state index contributed by atoms with van der Waals surface area (Å²) in [5.41, 5.74) is 0. The van der Waals surface area contributed by atoms with Crippen molar-refractivity contribution in [1.82, 2.24) is 0 Å². The quantitative estimate of drug-likeness (QED) is 0.748. The molecule has 4 heteroatoms. The Balaban J connectivity index is 1.83. The molecular weight excluding hydrogens is 280 g/mol. The fraction of sp³-hybridized carbons (Fsp3) is 0.0667. The van der Waals surface area contributed by atoms with Gasteiger partial charge in [-0.3, -0.25) is 0 Å². The Hall–Kier alpha value is -1.71. The lowest BCUT2D eigenvalue weighted by molar-refractivity contribution is 0.310. The molecular formula is C15H11ClO2S. The SMILES string of the molecule is Oc1cccc2cc(COc3ccccc3Cl)sc12. The topological polar surface area (TPSA) is 29.5 Å². The van der Waals surface area contributed by atoms with Gasteiger partial charge in [0.15, 0.2) is 0 Å². The molecule has 0 fully saturated rings. The van der Waals surface area contributed by atoms with Gasteiger partial charge in [0.1, 0.15) is 18.1 Å². The van der Waals surface area contributed by atoms with Crippen LogP contribution in [0.4, 0.5) is 0 Å². The number of para-hydroxylation sites is 1. The molecule has 0 amide bonds. The summed E-state index contributed by atoms with van der Waals surface area (Å²) in [7, 11) is 0. The minimum absolute atomic E-state index is 0.312. The van der Waals surface area contributed by atoms with E-state index in [2.05, 4.69) is 0 Å². The highest BCUT2D eigenvalue weighted by atomic mass is 35.5. The standard InChI is InChI=1S/C15H11ClO2S/c16-12-5-1-2-7-14(12)18-9-11-8-10-4-3-6-13(17)15(10)19-11/h1-8,17H,9H2. The van der Waals surface area contributed by atoms with Crippen molar-refractivity contribution in [3.05, 3.63) is 58.4 Å². The molecule has 0 saturated carbocycles. The van der Waals surface area contributed by atoms with Gasteiger partial charge >= 0.3 is 0 Å². The van der Waals surface area contributed by atoms with E-state index in [1.54, 1.807) is 12.1 Å². The summed E-state index contributed by atoms with van der Waals surface area (Å²) in [6, 6.07) is 14.9. The van der Waals surface area contributed by atoms with E-state index in [1.807, 2.05) is 36.4 Å². The maximum absolute atomic E-state index is 9.76. The van der Waals surface area contributed by atoms with Crippen LogP contribution in [0.25, 0.3) is 10.1 Å². The Bertz CT molecular complexity index is 721. The summed E-state index contributed by atoms with van der Waals surface area (Å²) in [4.78, 5) is 1.05. The third-order valence-electron chi connectivity index (χ3n) is 2.78. The van der Waals surface area contributed by atoms with Crippen LogP contribution >= 0.6 is 22.9 Å². The van der Waals surface area contributed by atoms with E-state index in [0.29, 0.717) is 23.1 Å². The summed E-state index contributed by atoms with van der Waals surface area (Å²) in [5.74, 6) is 0.984. The third kappa shape index (κ3) is 2.53. The molecule has 1 heterocycles. The molecule has 2 aromatic carbocycles. The lowest BCUT2D eigenvalue weighted by atomic mass is 10.2. The lowest BCUT2D eigenvalue weighted by Gasteiger charge is -2.05. The van der Waals surface area contributed by atoms with Crippen molar-refractivity contribution in [2.24, 2.45) is 0 Å². The van der Waals surface area contributed by atoms with Crippen molar-refractivity contribution in [3.63, 3.8) is 0 Å². The van der Waals surface area contributed by atoms with Gasteiger partial charge in [-0.1, -0.05) is 35.9 Å². The predicted octanol–water partition coefficient (Wildman–Crippen LogP) is 4.84. The number of phenols is 1. The fourth-order valence-corrected chi connectivity index (χ4v) is 3.06. The molecule has 0 aliphatic heterocycles. The molecule has 1 aromatic heterocycles. The maximum Gasteiger partial charge on any atom is 0.138 e. The molecule has 3 aromatic rings. The van der Waals surface area contributed by atoms with Crippen molar-refractivity contribution in [2.45, 2.75) is 6.61 Å². The first-order valence-electron chi connectivity index (χ1n) is 5.82. The van der Waals surface area contributed by atoms with E-state index in [4.69, 9.17) is 16.3 Å². The summed E-state index contributed by atoms with van der Waals surface area (Å²) in [6.45, 7) is 0.447. The highest BCUT2D eigenvalue weighted by molar-refractivity contribution is 7.19. The molecule has 19 heavy (non-hydrogen) atoms. The molecule has 2 nitrogen and oxygen atoms in total. The monoisotopic (exact) mass is 290 g/mol. The van der Waals surface area contributed by atoms with E-state index in [0.717, 1.165) is 15.0 Å². The van der Waals surface area contributed by atoms with Crippen LogP contribution in [-0.2, 0) is 6.61 Å². The Morgan fingerprint density at radius 2 is 1.95 bits per heavy atom. The molecule has 3 rings (SSSR count). The van der Waals surface area contributed by atoms with Crippen LogP contribution in [0, 0.1) is 0 Å². The van der Waals surface area contributed by atoms with Gasteiger partial charge in [0.25, 0.3) is 0 Å². The first-order valence-corrected chi connectivity index (χ1v) is 7.01. The van der Waals surface area contributed by atoms with Crippen LogP contribution in [0.2, 0.25) is 5.02 Å². The molecule has 0 saturated heterocycles. The van der Waals surface area contributed by atoms with E-state index < -0.39 is 0 Å². The van der Waals surface area contributed by atoms with Gasteiger partial charge in [0.2, 0.25) is 0 Å². The van der Waals surface area contributed by atoms with Crippen LogP contribution in [-0.4, -0.2) is 5.11 Å². The number of benzene rings is 2. The Morgan fingerprint density at radius 3 is 2.74 bits per heavy atom. The zero-order valence-corrected chi connectivity index (χ0v) is 11.5. The molecule has 0 aliphatic carbocycles. The highest BCUT2D eigenvalue weighted by Gasteiger charge is 2.07. The second-order valence-corrected chi connectivity index (χ2v) is 5.67. The first-order chi connectivity index (χ1) is 9.24. The Kier molecular flexibility index (Phi) is 3.32. The summed E-state index contributed by atoms with van der Waals surface area (Å²) in [6.07, 6.45) is 0. The zero-order valence-electron chi connectivity index (χ0n) is 9.97. The fourth-order valence-electron chi connectivity index (χ4n) is 1.88. The number of aromatic hydroxyl groups is 1. The minimum Gasteiger partial charge on any atom is -0.506 e. The second-order valence-electron chi connectivity index (χ2n) is 4.13. The van der Waals surface area contributed by atoms with Crippen molar-refractivity contribution in [2.75, 3.05) is 0 Å². The highest BCUT2D eigenvalue weighted by Crippen LogP contribution is 2.33. The van der Waals surface area contributed by atoms with Gasteiger partial charge in [-0.25, -0.2) is 0 Å². The molecule has 0 radical (unpaired) electrons. The minimum atomic E-state index is 0.312. The molecule has 96 valence electrons. The predicted molar refractivity (Wildman–Crippen MR) is 79.3 cm³/mol. The van der Waals surface area contributed by atoms with Crippen molar-refractivity contribution in [1.29, 1.82) is 0 Å². The van der Waals surface area contributed by atoms with Crippen LogP contribution < -0.4 is 4.74 Å². The van der Waals surface area contributed by atoms with Crippen LogP contribution in [0.3, 0.4) is 0 Å². The van der Waals surface area contributed by atoms with Crippen molar-refractivity contribution < 1.29 is 9.84 Å². The number of phenolic OH excluding ortho intramolecular Hbond substituents is 1. The average Bonchev–Trinajstić information content (AvgIpc) is 2.82. The Morgan fingerprint density at radius 1 is 1.11 bits per heavy atom. The smallest absolute Gasteiger partial charge is 0.138 e. The van der Waals surface area contributed by atoms with Crippen LogP contribution in [0.5, 0.6) is 11.5 Å². The number of ether oxygens (including phenoxy) is 1. The number of hydrogen-bond acceptors (Lipinski definition) is 3. The normalized spacial score (nSPS) is 10.8. The van der Waals surface area contributed by atoms with Gasteiger partial charge in [-0.2, -0.15) is 0 Å². The molecule has 0 aliphatic rings. The number of rotatable bonds is 3. The second kappa shape index (κ2) is 5.11. The first kappa shape index (κ1) is 12.3. The van der Waals surface area contributed by atoms with E-state index in [-0.39, 0.29) is 0 Å². The summed E-state index contributed by atoms with van der Waals surface area (Å²) < 4.78 is 6.58. The zero-order chi connectivity index (χ0) is 13.2. The van der Waals surface area contributed by atoms with Crippen molar-refractivity contribution in [3.8, 4) is 11.5 Å². The van der Waals surface area contributed by atoms with Gasteiger partial charge < -0.3 is 9.84 Å². The lowest BCUT2D eigenvalue weighted by Crippen LogP contribution is -1.92. The van der Waals surface area contributed by atoms with Gasteiger partial charge in [-0.15, -0.1) is 11.3 Å². The van der Waals surface area contributed by atoms with Crippen molar-refractivity contribution >= 4 is 33.0 Å². The maximum atomic E-state index is 9.76. The van der Waals surface area contributed by atoms with Gasteiger partial charge in [0, 0.05) is 4.88 Å². The molecule has 1 N–H and O–H groups in total. The average molecular weight is 291 g/mol. The summed E-state index contributed by atoms with van der Waals surface area (Å²) in [5, 5.41) is 11.4. The Labute approximate surface area is 119 Å². The van der Waals surface area contributed by atoms with Gasteiger partial charge in [-0.05, 0) is 29.7 Å². The number of fused-ring (bicyclic) bond motifs is 1. The third-order valence-corrected chi connectivity index (χ3v) is 4.24. The van der Waals surface area contributed by atoms with E-state index in [9.17, 15) is 5.11 Å². The van der Waals surface area contributed by atoms with Crippen LogP contribution in [0.15, 0.2) is 48.5 Å². The van der Waals surface area contributed by atoms with E-state index in [1.165, 1.54) is 11.3 Å². The number of halogens is 1. The molecule has 0 atom stereocenters.